The Morgan fingerprint density at radius 3 is 2.69 bits per heavy atom. The lowest BCUT2D eigenvalue weighted by atomic mass is 9.90. The Kier molecular flexibility index (Phi) is 6.98. The van der Waals surface area contributed by atoms with Gasteiger partial charge in [0, 0.05) is 13.1 Å². The number of hydrogen-bond acceptors (Lipinski definition) is 2. The highest BCUT2D eigenvalue weighted by Gasteiger charge is 2.25. The second-order valence-corrected chi connectivity index (χ2v) is 8.85. The van der Waals surface area contributed by atoms with Crippen molar-refractivity contribution in [2.24, 2.45) is 5.92 Å². The van der Waals surface area contributed by atoms with Gasteiger partial charge in [-0.05, 0) is 77.2 Å². The van der Waals surface area contributed by atoms with Gasteiger partial charge >= 0.3 is 5.97 Å². The van der Waals surface area contributed by atoms with Crippen LogP contribution in [0.4, 0.5) is 0 Å². The van der Waals surface area contributed by atoms with Crippen LogP contribution in [0.15, 0.2) is 66.7 Å². The van der Waals surface area contributed by atoms with Crippen LogP contribution in [-0.2, 0) is 17.6 Å². The van der Waals surface area contributed by atoms with Crippen molar-refractivity contribution in [2.75, 3.05) is 19.6 Å². The average molecular weight is 448 g/mol. The summed E-state index contributed by atoms with van der Waals surface area (Å²) in [6, 6.07) is 22.1. The molecule has 1 heterocycles. The topological polar surface area (TPSA) is 40.5 Å². The van der Waals surface area contributed by atoms with Crippen LogP contribution >= 0.6 is 12.4 Å². The smallest absolute Gasteiger partial charge is 0.307 e. The van der Waals surface area contributed by atoms with Gasteiger partial charge in [-0.1, -0.05) is 66.7 Å². The maximum Gasteiger partial charge on any atom is 0.307 e. The van der Waals surface area contributed by atoms with E-state index in [1.807, 2.05) is 0 Å². The summed E-state index contributed by atoms with van der Waals surface area (Å²) in [5.74, 6) is -0.867. The third-order valence-corrected chi connectivity index (χ3v) is 6.93. The zero-order valence-electron chi connectivity index (χ0n) is 18.3. The number of piperidine rings is 1. The van der Waals surface area contributed by atoms with Crippen LogP contribution in [0.3, 0.4) is 0 Å². The van der Waals surface area contributed by atoms with Crippen molar-refractivity contribution in [3.05, 3.63) is 89.0 Å². The number of carboxylic acid groups (broad SMARTS) is 1. The van der Waals surface area contributed by atoms with Crippen LogP contribution in [0.1, 0.15) is 41.5 Å². The summed E-state index contributed by atoms with van der Waals surface area (Å²) in [6.45, 7) is 2.60. The number of hydrogen-bond donors (Lipinski definition) is 1. The third-order valence-electron chi connectivity index (χ3n) is 6.93. The fraction of sp³-hybridized carbons (Fsp3) is 0.321. The first-order chi connectivity index (χ1) is 15.2. The molecular weight excluding hydrogens is 418 g/mol. The highest BCUT2D eigenvalue weighted by molar-refractivity contribution is 5.94. The van der Waals surface area contributed by atoms with Crippen molar-refractivity contribution in [3.63, 3.8) is 0 Å². The first kappa shape index (κ1) is 22.6. The van der Waals surface area contributed by atoms with E-state index in [2.05, 4.69) is 71.6 Å². The predicted molar refractivity (Wildman–Crippen MR) is 134 cm³/mol. The number of carboxylic acids is 1. The van der Waals surface area contributed by atoms with Crippen LogP contribution in [0.2, 0.25) is 0 Å². The van der Waals surface area contributed by atoms with E-state index in [0.717, 1.165) is 45.2 Å². The van der Waals surface area contributed by atoms with E-state index in [-0.39, 0.29) is 18.3 Å². The molecule has 5 rings (SSSR count). The van der Waals surface area contributed by atoms with Gasteiger partial charge in [-0.15, -0.1) is 12.4 Å². The van der Waals surface area contributed by atoms with E-state index in [4.69, 9.17) is 0 Å². The molecule has 4 heteroatoms. The van der Waals surface area contributed by atoms with Gasteiger partial charge in [0.1, 0.15) is 0 Å². The molecule has 3 aromatic carbocycles. The molecule has 0 spiro atoms. The van der Waals surface area contributed by atoms with Gasteiger partial charge in [-0.3, -0.25) is 4.79 Å². The van der Waals surface area contributed by atoms with Gasteiger partial charge in [0.2, 0.25) is 0 Å². The SMILES string of the molecule is Cl.O=C(O)[C@@H]1CCCN(CCC=C2c3ccccc3CCc3c2ccc2ccccc32)C1. The molecule has 0 radical (unpaired) electrons. The molecule has 1 N–H and O–H groups in total. The number of benzene rings is 3. The molecule has 1 atom stereocenters. The molecule has 1 aliphatic carbocycles. The third kappa shape index (κ3) is 4.46. The molecule has 2 aliphatic rings. The number of aliphatic carboxylic acids is 1. The summed E-state index contributed by atoms with van der Waals surface area (Å²) in [4.78, 5) is 13.7. The molecule has 166 valence electrons. The lowest BCUT2D eigenvalue weighted by Gasteiger charge is -2.30. The van der Waals surface area contributed by atoms with E-state index in [1.54, 1.807) is 0 Å². The monoisotopic (exact) mass is 447 g/mol. The minimum Gasteiger partial charge on any atom is -0.481 e. The van der Waals surface area contributed by atoms with E-state index in [1.165, 1.54) is 38.6 Å². The minimum atomic E-state index is -0.651. The van der Waals surface area contributed by atoms with Crippen molar-refractivity contribution in [1.82, 2.24) is 4.90 Å². The number of nitrogens with zero attached hydrogens (tertiary/aromatic N) is 1. The van der Waals surface area contributed by atoms with Gasteiger partial charge in [0.15, 0.2) is 0 Å². The van der Waals surface area contributed by atoms with Crippen molar-refractivity contribution in [3.8, 4) is 0 Å². The van der Waals surface area contributed by atoms with Crippen LogP contribution < -0.4 is 0 Å². The Morgan fingerprint density at radius 1 is 1.00 bits per heavy atom. The predicted octanol–water partition coefficient (Wildman–Crippen LogP) is 5.98. The number of likely N-dealkylation sites (tertiary alicyclic amines) is 1. The molecule has 3 nitrogen and oxygen atoms in total. The van der Waals surface area contributed by atoms with Gasteiger partial charge in [0.25, 0.3) is 0 Å². The Morgan fingerprint density at radius 2 is 1.81 bits per heavy atom. The molecule has 0 amide bonds. The Hall–Kier alpha value is -2.62. The maximum atomic E-state index is 11.4. The molecule has 32 heavy (non-hydrogen) atoms. The first-order valence-corrected chi connectivity index (χ1v) is 11.5. The number of halogens is 1. The molecule has 1 fully saturated rings. The maximum absolute atomic E-state index is 11.4. The van der Waals surface area contributed by atoms with E-state index >= 15 is 0 Å². The van der Waals surface area contributed by atoms with Crippen molar-refractivity contribution >= 4 is 34.7 Å². The van der Waals surface area contributed by atoms with Crippen molar-refractivity contribution in [2.45, 2.75) is 32.1 Å². The zero-order valence-corrected chi connectivity index (χ0v) is 19.1. The van der Waals surface area contributed by atoms with Gasteiger partial charge in [-0.2, -0.15) is 0 Å². The average Bonchev–Trinajstić information content (AvgIpc) is 2.96. The molecule has 1 saturated heterocycles. The van der Waals surface area contributed by atoms with E-state index in [0.29, 0.717) is 6.54 Å². The highest BCUT2D eigenvalue weighted by atomic mass is 35.5. The molecule has 1 aliphatic heterocycles. The highest BCUT2D eigenvalue weighted by Crippen LogP contribution is 2.37. The standard InChI is InChI=1S/C28H29NO2.ClH/c30-28(31)22-9-5-17-29(19-22)18-6-12-25-23-10-3-1-7-20(23)13-15-26-24-11-4-2-8-21(24)14-16-27(25)26;/h1-4,7-8,10-12,14,16,22H,5-6,9,13,15,17-19H2,(H,30,31);1H/t22-;/m1./s1. The number of aryl methyl sites for hydroxylation is 2. The number of fused-ring (bicyclic) bond motifs is 4. The molecule has 3 aromatic rings. The lowest BCUT2D eigenvalue weighted by Crippen LogP contribution is -2.39. The second-order valence-electron chi connectivity index (χ2n) is 8.85. The number of carbonyl (C=O) groups is 1. The fourth-order valence-electron chi connectivity index (χ4n) is 5.34. The van der Waals surface area contributed by atoms with Gasteiger partial charge < -0.3 is 10.0 Å². The summed E-state index contributed by atoms with van der Waals surface area (Å²) in [7, 11) is 0. The van der Waals surface area contributed by atoms with Crippen molar-refractivity contribution < 1.29 is 9.90 Å². The Balaban J connectivity index is 0.00000245. The minimum absolute atomic E-state index is 0. The van der Waals surface area contributed by atoms with E-state index in [9.17, 15) is 9.90 Å². The summed E-state index contributed by atoms with van der Waals surface area (Å²) < 4.78 is 0. The van der Waals surface area contributed by atoms with E-state index < -0.39 is 5.97 Å². The Bertz CT molecular complexity index is 1150. The summed E-state index contributed by atoms with van der Waals surface area (Å²) in [5.41, 5.74) is 6.90. The largest absolute Gasteiger partial charge is 0.481 e. The first-order valence-electron chi connectivity index (χ1n) is 11.5. The molecule has 0 unspecified atom stereocenters. The second kappa shape index (κ2) is 9.89. The molecule has 0 saturated carbocycles. The summed E-state index contributed by atoms with van der Waals surface area (Å²) in [6.07, 6.45) is 7.22. The quantitative estimate of drug-likeness (QED) is 0.534. The van der Waals surface area contributed by atoms with Crippen LogP contribution in [-0.4, -0.2) is 35.6 Å². The Labute approximate surface area is 196 Å². The van der Waals surface area contributed by atoms with Crippen molar-refractivity contribution in [1.29, 1.82) is 0 Å². The van der Waals surface area contributed by atoms with Crippen LogP contribution in [0.25, 0.3) is 16.3 Å². The summed E-state index contributed by atoms with van der Waals surface area (Å²) in [5, 5.41) is 12.0. The normalized spacial score (nSPS) is 19.6. The van der Waals surface area contributed by atoms with Gasteiger partial charge in [-0.25, -0.2) is 0 Å². The molecule has 0 aromatic heterocycles. The fourth-order valence-corrected chi connectivity index (χ4v) is 5.34. The summed E-state index contributed by atoms with van der Waals surface area (Å²) >= 11 is 0. The molecule has 0 bridgehead atoms. The zero-order chi connectivity index (χ0) is 21.2. The molecular formula is C28H30ClNO2. The van der Waals surface area contributed by atoms with Crippen LogP contribution in [0.5, 0.6) is 0 Å². The lowest BCUT2D eigenvalue weighted by molar-refractivity contribution is -0.143. The number of rotatable bonds is 4. The van der Waals surface area contributed by atoms with Crippen LogP contribution in [0, 0.1) is 5.92 Å². The van der Waals surface area contributed by atoms with Gasteiger partial charge in [0.05, 0.1) is 5.92 Å².